The van der Waals surface area contributed by atoms with E-state index in [-0.39, 0.29) is 71.4 Å². The average Bonchev–Trinajstić information content (AvgIpc) is 1.68. The monoisotopic (exact) mass is 2330 g/mol. The normalized spacial score (nSPS) is 21.1. The van der Waals surface area contributed by atoms with Gasteiger partial charge in [0.2, 0.25) is 0 Å². The Balaban J connectivity index is 0.000000133. The van der Waals surface area contributed by atoms with E-state index in [9.17, 15) is 1.37 Å². The molecule has 3 fully saturated rings. The van der Waals surface area contributed by atoms with Gasteiger partial charge in [-0.2, -0.15) is 0 Å². The van der Waals surface area contributed by atoms with Gasteiger partial charge in [-0.1, -0.05) is 257 Å². The molecule has 0 spiro atoms. The molecular weight excluding hydrogens is 2210 g/mol. The van der Waals surface area contributed by atoms with Gasteiger partial charge in [-0.05, 0) is 243 Å². The number of furan rings is 3. The Hall–Kier alpha value is -13.1. The predicted octanol–water partition coefficient (Wildman–Crippen LogP) is 32.8. The van der Waals surface area contributed by atoms with Crippen LogP contribution in [0.15, 0.2) is 384 Å². The molecule has 21 aromatic rings. The summed E-state index contributed by atoms with van der Waals surface area (Å²) in [5, 5.41) is 6.42. The third-order valence-corrected chi connectivity index (χ3v) is 25.2. The van der Waals surface area contributed by atoms with Gasteiger partial charge in [0.1, 0.15) is 16.7 Å². The van der Waals surface area contributed by atoms with E-state index in [1.54, 1.807) is 44.4 Å². The summed E-state index contributed by atoms with van der Waals surface area (Å²) in [4.78, 5) is 26.6. The minimum atomic E-state index is -2.19. The molecule has 3 aliphatic rings. The van der Waals surface area contributed by atoms with Gasteiger partial charge >= 0.3 is 0 Å². The summed E-state index contributed by atoms with van der Waals surface area (Å²) in [6, 6.07) is 126. The number of para-hydroxylation sites is 3. The average molecular weight is 2330 g/mol. The zero-order valence-corrected chi connectivity index (χ0v) is 82.8. The SMILES string of the molecule is [2H]C([2H])([2H])c1c[c-]c(-c2cc(C)c(C([2H])([2H])[2H])cn2)cc1.[2H]C([2H])([2H])c1cnc(-c2[c-]cccc2)cc1C.[2H]C1(c2ccccc2)CCC([2H])(c2ccc(-c3[c-]ccc4c3oc3ccccc34)nc2)CC1.[2H]C1(c2ccccc2)CCC([2H])(c2ccc(-c3[c-]ccc4c3oc3ccccc34)nc2)CC1.[2H]C1(c2ccccc2)CCC([2H])(c2ccnc(-c3[c-]ccc4c3oc3ccccc34)c2)CC1.[Ir].[Ir].[Ir].[c-]1ccccc1-c1ccccn1. The fraction of sp³-hybridized carbons (Fsp3) is 0.184. The molecule has 12 aromatic carbocycles. The van der Waals surface area contributed by atoms with E-state index in [2.05, 4.69) is 74.5 Å². The number of benzene rings is 12. The number of fused-ring (bicyclic) bond motifs is 9. The fourth-order valence-electron chi connectivity index (χ4n) is 17.9. The molecule has 687 valence electrons. The smallest absolute Gasteiger partial charge is 0.120 e. The zero-order valence-electron chi connectivity index (χ0n) is 90.6. The van der Waals surface area contributed by atoms with Gasteiger partial charge in [-0.25, -0.2) is 0 Å². The van der Waals surface area contributed by atoms with Crippen molar-refractivity contribution in [3.05, 3.63) is 468 Å². The van der Waals surface area contributed by atoms with Crippen LogP contribution in [0.3, 0.4) is 0 Å². The van der Waals surface area contributed by atoms with Gasteiger partial charge in [0.05, 0.1) is 16.7 Å². The van der Waals surface area contributed by atoms with Gasteiger partial charge in [-0.15, -0.1) is 162 Å². The van der Waals surface area contributed by atoms with E-state index in [0.717, 1.165) is 161 Å². The van der Waals surface area contributed by atoms with Gasteiger partial charge in [0.25, 0.3) is 0 Å². The van der Waals surface area contributed by atoms with Gasteiger partial charge in [-0.3, -0.25) is 0 Å². The molecule has 0 amide bonds. The Morgan fingerprint density at radius 1 is 0.255 bits per heavy atom. The first-order chi connectivity index (χ1) is 71.7. The van der Waals surface area contributed by atoms with Crippen LogP contribution in [0, 0.1) is 70.8 Å². The Kier molecular flexibility index (Phi) is 26.9. The van der Waals surface area contributed by atoms with Crippen molar-refractivity contribution >= 4 is 65.8 Å². The van der Waals surface area contributed by atoms with Crippen molar-refractivity contribution in [3.8, 4) is 67.5 Å². The largest absolute Gasteiger partial charge is 0.501 e. The van der Waals surface area contributed by atoms with Crippen LogP contribution in [0.2, 0.25) is 0 Å². The molecule has 9 nitrogen and oxygen atoms in total. The van der Waals surface area contributed by atoms with Crippen molar-refractivity contribution in [2.24, 2.45) is 0 Å². The minimum Gasteiger partial charge on any atom is -0.501 e. The molecule has 0 aliphatic heterocycles. The topological polar surface area (TPSA) is 117 Å². The third kappa shape index (κ3) is 23.3. The molecule has 24 rings (SSSR count). The van der Waals surface area contributed by atoms with Crippen molar-refractivity contribution in [3.63, 3.8) is 0 Å². The molecule has 9 aromatic heterocycles. The molecule has 0 saturated heterocycles. The van der Waals surface area contributed by atoms with Crippen LogP contribution in [-0.4, -0.2) is 29.9 Å². The minimum absolute atomic E-state index is 0. The number of hydrogen-bond acceptors (Lipinski definition) is 9. The van der Waals surface area contributed by atoms with Crippen LogP contribution in [0.1, 0.15) is 194 Å². The second-order valence-electron chi connectivity index (χ2n) is 33.6. The fourth-order valence-corrected chi connectivity index (χ4v) is 17.9. The molecule has 3 saturated carbocycles. The molecular formula is C125H106Ir3N6O3-6. The molecule has 12 heteroatoms. The standard InChI is InChI=1S/3C29H24NO.C14H14N.C13H12N.C11H8N.3Ir/c1-2-7-20(8-3-1)21-13-15-22(16-14-21)23-17-18-30-27(19-23)26-11-6-10-25-24-9-4-5-12-28(24)31-29(25)26;2*1-2-7-20(8-3-1)21-13-15-22(16-14-21)23-17-18-27(30-19-23)26-11-6-10-25-24-9-4-5-12-28(24)31-29(25)26;1-10-4-6-13(7-5-10)14-8-11(2)12(3)9-15-14;1-10-8-13(14-9-11(10)2)12-6-4-3-5-7-12;1-2-6-10(7-3-1)11-8-4-5-9-12-11;;;/h3*1-10,12,17-19,21-22H,13-16H2;4-6,8-9H,1-3H3;3-6,8-9H,1-2H3;1-6,8-9H;;;/q6*-1;;;/i3*21D,22D;1D3,3D3;2D3;;;;. The summed E-state index contributed by atoms with van der Waals surface area (Å²) < 4.78 is 139. The van der Waals surface area contributed by atoms with Crippen LogP contribution < -0.4 is 0 Å². The maximum absolute atomic E-state index is 9.27. The first-order valence-electron chi connectivity index (χ1n) is 53.1. The van der Waals surface area contributed by atoms with E-state index in [4.69, 9.17) is 42.4 Å². The van der Waals surface area contributed by atoms with Crippen molar-refractivity contribution in [2.45, 2.75) is 147 Å². The molecule has 9 heterocycles. The second kappa shape index (κ2) is 46.6. The Labute approximate surface area is 866 Å². The zero-order chi connectivity index (χ0) is 104. The number of aromatic nitrogens is 6. The van der Waals surface area contributed by atoms with E-state index >= 15 is 0 Å². The van der Waals surface area contributed by atoms with E-state index in [0.29, 0.717) is 99.4 Å². The van der Waals surface area contributed by atoms with Crippen molar-refractivity contribution in [2.75, 3.05) is 0 Å². The summed E-state index contributed by atoms with van der Waals surface area (Å²) >= 11 is 0. The van der Waals surface area contributed by atoms with Crippen LogP contribution >= 0.6 is 0 Å². The summed E-state index contributed by atoms with van der Waals surface area (Å²) in [5.74, 6) is -3.97. The molecule has 0 atom stereocenters. The number of rotatable bonds is 12. The number of pyridine rings is 6. The van der Waals surface area contributed by atoms with Gasteiger partial charge < -0.3 is 43.2 Å². The summed E-state index contributed by atoms with van der Waals surface area (Å²) in [7, 11) is 0. The van der Waals surface area contributed by atoms with Gasteiger partial charge in [0, 0.05) is 134 Å². The number of hydrogen-bond donors (Lipinski definition) is 0. The van der Waals surface area contributed by atoms with Crippen molar-refractivity contribution in [1.82, 2.24) is 29.9 Å². The summed E-state index contributed by atoms with van der Waals surface area (Å²) in [6.07, 6.45) is 17.9. The maximum atomic E-state index is 9.27. The van der Waals surface area contributed by atoms with E-state index < -0.39 is 55.9 Å². The first-order valence-corrected chi connectivity index (χ1v) is 45.6. The molecule has 137 heavy (non-hydrogen) atoms. The van der Waals surface area contributed by atoms with Crippen LogP contribution in [0.25, 0.3) is 133 Å². The molecule has 3 radical (unpaired) electrons. The molecule has 3 aliphatic carbocycles. The van der Waals surface area contributed by atoms with Gasteiger partial charge in [0.15, 0.2) is 0 Å². The molecule has 0 unspecified atom stereocenters. The first kappa shape index (κ1) is 79.0. The van der Waals surface area contributed by atoms with Crippen LogP contribution in [-0.2, 0) is 60.3 Å². The van der Waals surface area contributed by atoms with Crippen LogP contribution in [0.4, 0.5) is 0 Å². The number of nitrogens with zero attached hydrogens (tertiary/aromatic N) is 6. The van der Waals surface area contributed by atoms with Crippen molar-refractivity contribution in [1.29, 1.82) is 0 Å². The Morgan fingerprint density at radius 3 is 0.985 bits per heavy atom. The maximum Gasteiger partial charge on any atom is 0.120 e. The van der Waals surface area contributed by atoms with E-state index in [1.807, 2.05) is 298 Å². The molecule has 0 bridgehead atoms. The van der Waals surface area contributed by atoms with Crippen molar-refractivity contribution < 1.29 is 94.1 Å². The Morgan fingerprint density at radius 2 is 0.620 bits per heavy atom. The Bertz CT molecular complexity index is 7950. The van der Waals surface area contributed by atoms with E-state index in [1.165, 1.54) is 24.5 Å². The van der Waals surface area contributed by atoms with Crippen LogP contribution in [0.5, 0.6) is 0 Å². The molecule has 0 N–H and O–H groups in total. The summed E-state index contributed by atoms with van der Waals surface area (Å²) in [5.41, 5.74) is 22.6. The number of aryl methyl sites for hydroxylation is 5. The quantitative estimate of drug-likeness (QED) is 0.110. The predicted molar refractivity (Wildman–Crippen MR) is 548 cm³/mol. The third-order valence-electron chi connectivity index (χ3n) is 25.2. The summed E-state index contributed by atoms with van der Waals surface area (Å²) in [6.45, 7) is -2.95. The second-order valence-corrected chi connectivity index (χ2v) is 33.6.